The molecule has 0 aliphatic rings. The van der Waals surface area contributed by atoms with Gasteiger partial charge in [-0.2, -0.15) is 0 Å². The van der Waals surface area contributed by atoms with Crippen molar-refractivity contribution in [2.45, 2.75) is 6.92 Å². The summed E-state index contributed by atoms with van der Waals surface area (Å²) in [6.45, 7) is 2.05. The van der Waals surface area contributed by atoms with Crippen molar-refractivity contribution in [3.8, 4) is 10.4 Å². The van der Waals surface area contributed by atoms with E-state index in [1.54, 1.807) is 30.5 Å². The van der Waals surface area contributed by atoms with Gasteiger partial charge in [-0.1, -0.05) is 52.8 Å². The summed E-state index contributed by atoms with van der Waals surface area (Å²) in [5.41, 5.74) is 2.86. The van der Waals surface area contributed by atoms with Crippen LogP contribution in [0.3, 0.4) is 0 Å². The molecule has 0 aliphatic heterocycles. The van der Waals surface area contributed by atoms with E-state index in [2.05, 4.69) is 22.4 Å². The van der Waals surface area contributed by atoms with Crippen LogP contribution in [0.2, 0.25) is 5.02 Å². The lowest BCUT2D eigenvalue weighted by molar-refractivity contribution is 0.102. The molecule has 0 radical (unpaired) electrons. The number of aryl methyl sites for hydroxylation is 1. The van der Waals surface area contributed by atoms with Crippen molar-refractivity contribution in [3.05, 3.63) is 70.9 Å². The van der Waals surface area contributed by atoms with Crippen LogP contribution in [0.4, 0.5) is 5.13 Å². The van der Waals surface area contributed by atoms with E-state index in [9.17, 15) is 4.79 Å². The second-order valence-electron chi connectivity index (χ2n) is 4.86. The molecule has 1 aromatic heterocycles. The molecule has 110 valence electrons. The monoisotopic (exact) mass is 328 g/mol. The summed E-state index contributed by atoms with van der Waals surface area (Å²) in [6, 6.07) is 15.0. The van der Waals surface area contributed by atoms with Crippen LogP contribution < -0.4 is 5.32 Å². The summed E-state index contributed by atoms with van der Waals surface area (Å²) >= 11 is 7.27. The Morgan fingerprint density at radius 1 is 1.09 bits per heavy atom. The quantitative estimate of drug-likeness (QED) is 0.733. The van der Waals surface area contributed by atoms with Gasteiger partial charge in [-0.15, -0.1) is 0 Å². The molecular formula is C17H13ClN2OS. The van der Waals surface area contributed by atoms with E-state index < -0.39 is 0 Å². The number of amides is 1. The van der Waals surface area contributed by atoms with E-state index in [4.69, 9.17) is 11.6 Å². The molecule has 0 aliphatic carbocycles. The molecule has 1 N–H and O–H groups in total. The van der Waals surface area contributed by atoms with Gasteiger partial charge in [0.1, 0.15) is 0 Å². The van der Waals surface area contributed by atoms with Crippen molar-refractivity contribution in [1.29, 1.82) is 0 Å². The number of nitrogens with one attached hydrogen (secondary N) is 1. The zero-order valence-corrected chi connectivity index (χ0v) is 13.4. The fourth-order valence-electron chi connectivity index (χ4n) is 1.95. The number of carbonyl (C=O) groups excluding carboxylic acids is 1. The molecular weight excluding hydrogens is 316 g/mol. The van der Waals surface area contributed by atoms with Crippen LogP contribution in [0, 0.1) is 6.92 Å². The first-order chi connectivity index (χ1) is 10.6. The smallest absolute Gasteiger partial charge is 0.257 e. The number of thiazole rings is 1. The Balaban J connectivity index is 1.75. The number of nitrogens with zero attached hydrogens (tertiary/aromatic N) is 1. The largest absolute Gasteiger partial charge is 0.298 e. The Hall–Kier alpha value is -2.17. The first kappa shape index (κ1) is 14.8. The molecule has 2 aromatic carbocycles. The molecule has 0 saturated carbocycles. The maximum Gasteiger partial charge on any atom is 0.257 e. The van der Waals surface area contributed by atoms with E-state index in [0.717, 1.165) is 10.4 Å². The van der Waals surface area contributed by atoms with Gasteiger partial charge < -0.3 is 0 Å². The highest BCUT2D eigenvalue weighted by Gasteiger charge is 2.10. The SMILES string of the molecule is Cc1ccc(-c2cnc(NC(=O)c3ccc(Cl)cc3)s2)cc1. The minimum absolute atomic E-state index is 0.193. The highest BCUT2D eigenvalue weighted by atomic mass is 35.5. The van der Waals surface area contributed by atoms with E-state index in [-0.39, 0.29) is 5.91 Å². The van der Waals surface area contributed by atoms with E-state index in [1.165, 1.54) is 16.9 Å². The maximum atomic E-state index is 12.1. The molecule has 22 heavy (non-hydrogen) atoms. The van der Waals surface area contributed by atoms with E-state index in [0.29, 0.717) is 15.7 Å². The zero-order valence-electron chi connectivity index (χ0n) is 11.8. The molecule has 0 spiro atoms. The Morgan fingerprint density at radius 2 is 1.77 bits per heavy atom. The summed E-state index contributed by atoms with van der Waals surface area (Å²) in [4.78, 5) is 17.4. The van der Waals surface area contributed by atoms with Gasteiger partial charge in [-0.05, 0) is 36.8 Å². The molecule has 3 aromatic rings. The third kappa shape index (κ3) is 3.35. The van der Waals surface area contributed by atoms with Crippen molar-refractivity contribution in [3.63, 3.8) is 0 Å². The van der Waals surface area contributed by atoms with Crippen LogP contribution in [0.5, 0.6) is 0 Å². The summed E-state index contributed by atoms with van der Waals surface area (Å²) in [7, 11) is 0. The third-order valence-electron chi connectivity index (χ3n) is 3.17. The molecule has 5 heteroatoms. The van der Waals surface area contributed by atoms with E-state index in [1.807, 2.05) is 19.1 Å². The minimum Gasteiger partial charge on any atom is -0.298 e. The minimum atomic E-state index is -0.193. The van der Waals surface area contributed by atoms with Crippen LogP contribution in [0.1, 0.15) is 15.9 Å². The first-order valence-electron chi connectivity index (χ1n) is 6.71. The number of benzene rings is 2. The van der Waals surface area contributed by atoms with Crippen LogP contribution >= 0.6 is 22.9 Å². The first-order valence-corrected chi connectivity index (χ1v) is 7.91. The Kier molecular flexibility index (Phi) is 4.22. The van der Waals surface area contributed by atoms with Crippen molar-refractivity contribution >= 4 is 34.0 Å². The topological polar surface area (TPSA) is 42.0 Å². The average molecular weight is 329 g/mol. The zero-order chi connectivity index (χ0) is 15.5. The van der Waals surface area contributed by atoms with Crippen LogP contribution in [-0.2, 0) is 0 Å². The lowest BCUT2D eigenvalue weighted by Crippen LogP contribution is -2.11. The van der Waals surface area contributed by atoms with Gasteiger partial charge in [0, 0.05) is 16.8 Å². The van der Waals surface area contributed by atoms with Crippen molar-refractivity contribution in [2.24, 2.45) is 0 Å². The van der Waals surface area contributed by atoms with E-state index >= 15 is 0 Å². The summed E-state index contributed by atoms with van der Waals surface area (Å²) < 4.78 is 0. The maximum absolute atomic E-state index is 12.1. The summed E-state index contributed by atoms with van der Waals surface area (Å²) in [6.07, 6.45) is 1.77. The number of rotatable bonds is 3. The van der Waals surface area contributed by atoms with Gasteiger partial charge in [-0.25, -0.2) is 4.98 Å². The van der Waals surface area contributed by atoms with Gasteiger partial charge >= 0.3 is 0 Å². The van der Waals surface area contributed by atoms with Crippen LogP contribution in [0.15, 0.2) is 54.7 Å². The van der Waals surface area contributed by atoms with Gasteiger partial charge in [0.2, 0.25) is 0 Å². The van der Waals surface area contributed by atoms with Gasteiger partial charge in [0.05, 0.1) is 4.88 Å². The van der Waals surface area contributed by atoms with Crippen molar-refractivity contribution in [1.82, 2.24) is 4.98 Å². The predicted octanol–water partition coefficient (Wildman–Crippen LogP) is 5.02. The van der Waals surface area contributed by atoms with Crippen molar-refractivity contribution < 1.29 is 4.79 Å². The van der Waals surface area contributed by atoms with Crippen molar-refractivity contribution in [2.75, 3.05) is 5.32 Å². The van der Waals surface area contributed by atoms with Crippen LogP contribution in [-0.4, -0.2) is 10.9 Å². The molecule has 3 rings (SSSR count). The lowest BCUT2D eigenvalue weighted by atomic mass is 10.1. The van der Waals surface area contributed by atoms with Gasteiger partial charge in [-0.3, -0.25) is 10.1 Å². The fourth-order valence-corrected chi connectivity index (χ4v) is 2.90. The molecule has 1 heterocycles. The molecule has 0 atom stereocenters. The fraction of sp³-hybridized carbons (Fsp3) is 0.0588. The highest BCUT2D eigenvalue weighted by molar-refractivity contribution is 7.19. The molecule has 1 amide bonds. The van der Waals surface area contributed by atoms with Gasteiger partial charge in [0.15, 0.2) is 5.13 Å². The number of halogens is 1. The average Bonchev–Trinajstić information content (AvgIpc) is 2.97. The Morgan fingerprint density at radius 3 is 2.45 bits per heavy atom. The second kappa shape index (κ2) is 6.30. The number of carbonyl (C=O) groups is 1. The third-order valence-corrected chi connectivity index (χ3v) is 4.38. The number of aromatic nitrogens is 1. The van der Waals surface area contributed by atoms with Gasteiger partial charge in [0.25, 0.3) is 5.91 Å². The Labute approximate surface area is 137 Å². The summed E-state index contributed by atoms with van der Waals surface area (Å²) in [5, 5.41) is 3.99. The molecule has 0 unspecified atom stereocenters. The number of anilines is 1. The molecule has 0 saturated heterocycles. The Bertz CT molecular complexity index is 794. The molecule has 0 fully saturated rings. The highest BCUT2D eigenvalue weighted by Crippen LogP contribution is 2.29. The molecule has 0 bridgehead atoms. The number of hydrogen-bond acceptors (Lipinski definition) is 3. The van der Waals surface area contributed by atoms with Crippen LogP contribution in [0.25, 0.3) is 10.4 Å². The predicted molar refractivity (Wildman–Crippen MR) is 91.7 cm³/mol. The lowest BCUT2D eigenvalue weighted by Gasteiger charge is -2.01. The second-order valence-corrected chi connectivity index (χ2v) is 6.32. The normalized spacial score (nSPS) is 10.5. The number of hydrogen-bond donors (Lipinski definition) is 1. The standard InChI is InChI=1S/C17H13ClN2OS/c1-11-2-4-12(5-3-11)15-10-19-17(22-15)20-16(21)13-6-8-14(18)9-7-13/h2-10H,1H3,(H,19,20,21). The molecule has 3 nitrogen and oxygen atoms in total. The summed E-state index contributed by atoms with van der Waals surface area (Å²) in [5.74, 6) is -0.193.